The van der Waals surface area contributed by atoms with Crippen LogP contribution in [-0.4, -0.2) is 21.0 Å². The molecule has 0 spiro atoms. The third kappa shape index (κ3) is 1.80. The third-order valence-electron chi connectivity index (χ3n) is 2.90. The molecule has 100 valence electrons. The first-order valence-corrected chi connectivity index (χ1v) is 5.42. The predicted molar refractivity (Wildman–Crippen MR) is 70.9 cm³/mol. The molecule has 2 rings (SSSR count). The summed E-state index contributed by atoms with van der Waals surface area (Å²) in [6.45, 7) is 1.59. The minimum Gasteiger partial charge on any atom is -0.477 e. The van der Waals surface area contributed by atoms with E-state index < -0.39 is 22.0 Å². The van der Waals surface area contributed by atoms with Crippen molar-refractivity contribution in [2.24, 2.45) is 0 Å². The number of aryl methyl sites for hydroxylation is 1. The minimum atomic E-state index is -1.45. The van der Waals surface area contributed by atoms with Gasteiger partial charge < -0.3 is 10.1 Å². The van der Waals surface area contributed by atoms with E-state index in [0.29, 0.717) is 5.56 Å². The zero-order valence-corrected chi connectivity index (χ0v) is 10.3. The van der Waals surface area contributed by atoms with Gasteiger partial charge >= 0.3 is 5.97 Å². The van der Waals surface area contributed by atoms with Gasteiger partial charge in [0.1, 0.15) is 16.8 Å². The van der Waals surface area contributed by atoms with E-state index in [1.807, 2.05) is 5.92 Å². The van der Waals surface area contributed by atoms with Gasteiger partial charge in [-0.3, -0.25) is 14.9 Å². The molecule has 0 saturated carbocycles. The lowest BCUT2D eigenvalue weighted by Crippen LogP contribution is -2.17. The maximum Gasteiger partial charge on any atom is 0.353 e. The highest BCUT2D eigenvalue weighted by Crippen LogP contribution is 2.25. The Morgan fingerprint density at radius 3 is 2.65 bits per heavy atom. The largest absolute Gasteiger partial charge is 0.477 e. The fourth-order valence-electron chi connectivity index (χ4n) is 1.99. The van der Waals surface area contributed by atoms with E-state index in [0.717, 1.165) is 0 Å². The van der Waals surface area contributed by atoms with Gasteiger partial charge in [0.25, 0.3) is 5.69 Å². The Hall–Kier alpha value is -3.14. The lowest BCUT2D eigenvalue weighted by molar-refractivity contribution is -0.383. The van der Waals surface area contributed by atoms with E-state index in [1.54, 1.807) is 6.92 Å². The second-order valence-corrected chi connectivity index (χ2v) is 4.06. The Bertz CT molecular complexity index is 858. The molecule has 0 unspecified atom stereocenters. The number of carboxylic acids is 1. The fraction of sp³-hybridized carbons (Fsp3) is 0.0769. The minimum absolute atomic E-state index is 0.0251. The van der Waals surface area contributed by atoms with Crippen LogP contribution >= 0.6 is 0 Å². The number of hydrogen-bond donors (Lipinski definition) is 2. The molecule has 1 aromatic heterocycles. The summed E-state index contributed by atoms with van der Waals surface area (Å²) in [5.74, 6) is 0.568. The first-order chi connectivity index (χ1) is 9.38. The van der Waals surface area contributed by atoms with Gasteiger partial charge in [0.05, 0.1) is 10.3 Å². The molecule has 0 radical (unpaired) electrons. The zero-order valence-electron chi connectivity index (χ0n) is 10.3. The molecule has 1 aromatic carbocycles. The fourth-order valence-corrected chi connectivity index (χ4v) is 1.99. The Balaban J connectivity index is 3.13. The van der Waals surface area contributed by atoms with E-state index in [-0.39, 0.29) is 22.2 Å². The first-order valence-electron chi connectivity index (χ1n) is 5.42. The highest BCUT2D eigenvalue weighted by Gasteiger charge is 2.22. The molecule has 2 aromatic rings. The van der Waals surface area contributed by atoms with Crippen molar-refractivity contribution in [3.63, 3.8) is 0 Å². The molecule has 0 aliphatic rings. The standard InChI is InChI=1S/C13H8N2O5/c1-3-7-10(13(17)18)14-11-8(15(19)20)5-4-6(2)9(11)12(7)16/h1,4-5H,2H3,(H,14,16)(H,17,18). The van der Waals surface area contributed by atoms with Crippen LogP contribution in [-0.2, 0) is 0 Å². The number of nitrogens with one attached hydrogen (secondary N) is 1. The summed E-state index contributed by atoms with van der Waals surface area (Å²) < 4.78 is 0. The monoisotopic (exact) mass is 272 g/mol. The molecule has 1 heterocycles. The Morgan fingerprint density at radius 1 is 1.50 bits per heavy atom. The number of aromatic amines is 1. The number of hydrogen-bond acceptors (Lipinski definition) is 4. The Kier molecular flexibility index (Phi) is 3.00. The van der Waals surface area contributed by atoms with Gasteiger partial charge in [0, 0.05) is 6.07 Å². The number of carbonyl (C=O) groups is 1. The van der Waals surface area contributed by atoms with Crippen molar-refractivity contribution in [1.29, 1.82) is 0 Å². The maximum atomic E-state index is 12.2. The number of benzene rings is 1. The van der Waals surface area contributed by atoms with E-state index in [2.05, 4.69) is 4.98 Å². The van der Waals surface area contributed by atoms with Gasteiger partial charge in [0.2, 0.25) is 5.43 Å². The third-order valence-corrected chi connectivity index (χ3v) is 2.90. The molecule has 20 heavy (non-hydrogen) atoms. The van der Waals surface area contributed by atoms with Crippen molar-refractivity contribution in [2.45, 2.75) is 6.92 Å². The van der Waals surface area contributed by atoms with Crippen molar-refractivity contribution >= 4 is 22.6 Å². The van der Waals surface area contributed by atoms with Gasteiger partial charge in [0.15, 0.2) is 0 Å². The number of non-ortho nitro benzene ring substituents is 1. The molecule has 0 atom stereocenters. The van der Waals surface area contributed by atoms with Crippen molar-refractivity contribution in [3.8, 4) is 12.3 Å². The van der Waals surface area contributed by atoms with Gasteiger partial charge in [-0.2, -0.15) is 0 Å². The summed E-state index contributed by atoms with van der Waals surface area (Å²) >= 11 is 0. The van der Waals surface area contributed by atoms with Gasteiger partial charge in [-0.15, -0.1) is 6.42 Å². The molecule has 0 amide bonds. The number of H-pyrrole nitrogens is 1. The van der Waals surface area contributed by atoms with E-state index in [1.165, 1.54) is 12.1 Å². The van der Waals surface area contributed by atoms with E-state index in [9.17, 15) is 19.7 Å². The van der Waals surface area contributed by atoms with Crippen molar-refractivity contribution in [2.75, 3.05) is 0 Å². The lowest BCUT2D eigenvalue weighted by atomic mass is 10.0. The molecular weight excluding hydrogens is 264 g/mol. The summed E-state index contributed by atoms with van der Waals surface area (Å²) in [6.07, 6.45) is 5.16. The summed E-state index contributed by atoms with van der Waals surface area (Å²) in [7, 11) is 0. The smallest absolute Gasteiger partial charge is 0.353 e. The number of nitro groups is 1. The molecule has 2 N–H and O–H groups in total. The number of aromatic nitrogens is 1. The molecule has 7 nitrogen and oxygen atoms in total. The maximum absolute atomic E-state index is 12.2. The number of fused-ring (bicyclic) bond motifs is 1. The van der Waals surface area contributed by atoms with Crippen molar-refractivity contribution in [1.82, 2.24) is 4.98 Å². The number of nitrogens with zero attached hydrogens (tertiary/aromatic N) is 1. The van der Waals surface area contributed by atoms with Crippen LogP contribution in [0.2, 0.25) is 0 Å². The van der Waals surface area contributed by atoms with Gasteiger partial charge in [-0.25, -0.2) is 4.79 Å². The quantitative estimate of drug-likeness (QED) is 0.487. The SMILES string of the molecule is C#Cc1c(C(=O)O)[nH]c2c([N+](=O)[O-])ccc(C)c2c1=O. The van der Waals surface area contributed by atoms with Gasteiger partial charge in [-0.05, 0) is 12.5 Å². The molecule has 0 saturated heterocycles. The zero-order chi connectivity index (χ0) is 15.0. The summed E-state index contributed by atoms with van der Waals surface area (Å²) in [5, 5.41) is 20.0. The van der Waals surface area contributed by atoms with Crippen LogP contribution in [0.4, 0.5) is 5.69 Å². The molecule has 0 aliphatic carbocycles. The molecular formula is C13H8N2O5. The van der Waals surface area contributed by atoms with Crippen molar-refractivity contribution < 1.29 is 14.8 Å². The van der Waals surface area contributed by atoms with Crippen molar-refractivity contribution in [3.05, 3.63) is 49.3 Å². The summed E-state index contributed by atoms with van der Waals surface area (Å²) in [5.41, 5.74) is -1.64. The molecule has 0 aliphatic heterocycles. The Labute approximate surface area is 112 Å². The van der Waals surface area contributed by atoms with Crippen LogP contribution in [0.3, 0.4) is 0 Å². The lowest BCUT2D eigenvalue weighted by Gasteiger charge is -2.06. The number of rotatable bonds is 2. The second-order valence-electron chi connectivity index (χ2n) is 4.06. The first kappa shape index (κ1) is 13.3. The van der Waals surface area contributed by atoms with Crippen LogP contribution in [0.1, 0.15) is 21.6 Å². The number of pyridine rings is 1. The number of aromatic carboxylic acids is 1. The Morgan fingerprint density at radius 2 is 2.15 bits per heavy atom. The highest BCUT2D eigenvalue weighted by atomic mass is 16.6. The van der Waals surface area contributed by atoms with Gasteiger partial charge in [-0.1, -0.05) is 12.0 Å². The topological polar surface area (TPSA) is 113 Å². The molecule has 0 bridgehead atoms. The number of carboxylic acid groups (broad SMARTS) is 1. The molecule has 7 heteroatoms. The summed E-state index contributed by atoms with van der Waals surface area (Å²) in [6, 6.07) is 2.62. The van der Waals surface area contributed by atoms with Crippen LogP contribution in [0.5, 0.6) is 0 Å². The predicted octanol–water partition coefficient (Wildman–Crippen LogP) is 1.42. The average Bonchev–Trinajstić information content (AvgIpc) is 2.37. The average molecular weight is 272 g/mol. The van der Waals surface area contributed by atoms with E-state index >= 15 is 0 Å². The normalized spacial score (nSPS) is 10.2. The number of nitro benzene ring substituents is 1. The number of terminal acetylenes is 1. The second kappa shape index (κ2) is 4.51. The van der Waals surface area contributed by atoms with Crippen LogP contribution in [0.25, 0.3) is 10.9 Å². The van der Waals surface area contributed by atoms with E-state index in [4.69, 9.17) is 11.5 Å². The summed E-state index contributed by atoms with van der Waals surface area (Å²) in [4.78, 5) is 36.0. The highest BCUT2D eigenvalue weighted by molar-refractivity contribution is 5.96. The van der Waals surface area contributed by atoms with Crippen LogP contribution in [0, 0.1) is 29.4 Å². The van der Waals surface area contributed by atoms with Crippen LogP contribution in [0.15, 0.2) is 16.9 Å². The molecule has 0 fully saturated rings. The van der Waals surface area contributed by atoms with Crippen LogP contribution < -0.4 is 5.43 Å².